The van der Waals surface area contributed by atoms with Crippen molar-refractivity contribution in [3.63, 3.8) is 0 Å². The van der Waals surface area contributed by atoms with E-state index in [9.17, 15) is 9.59 Å². The van der Waals surface area contributed by atoms with Crippen LogP contribution in [-0.2, 0) is 22.7 Å². The summed E-state index contributed by atoms with van der Waals surface area (Å²) in [6.07, 6.45) is 8.00. The number of hydrogen-bond acceptors (Lipinski definition) is 4. The van der Waals surface area contributed by atoms with Crippen molar-refractivity contribution in [2.75, 3.05) is 13.1 Å². The molecule has 1 saturated carbocycles. The molecular formula is C33H38ClN3O3. The van der Waals surface area contributed by atoms with Crippen molar-refractivity contribution >= 4 is 23.4 Å². The number of amides is 2. The SMILES string of the molecule is O=C1C(CC2CCCCC2)NC(=O)C2(CCN(Cc3ccc(-c4ccccc4Cl)o3)CC2)N1Cc1ccccc1. The van der Waals surface area contributed by atoms with Gasteiger partial charge < -0.3 is 14.6 Å². The number of carbonyl (C=O) groups excluding carboxylic acids is 2. The Bertz CT molecular complexity index is 1330. The van der Waals surface area contributed by atoms with E-state index in [1.54, 1.807) is 0 Å². The molecule has 2 saturated heterocycles. The molecule has 3 fully saturated rings. The zero-order valence-corrected chi connectivity index (χ0v) is 23.7. The maximum atomic E-state index is 14.0. The minimum Gasteiger partial charge on any atom is -0.460 e. The minimum absolute atomic E-state index is 0.0162. The van der Waals surface area contributed by atoms with E-state index in [4.69, 9.17) is 16.0 Å². The molecule has 1 aromatic heterocycles. The number of furan rings is 1. The summed E-state index contributed by atoms with van der Waals surface area (Å²) < 4.78 is 6.14. The molecule has 210 valence electrons. The fourth-order valence-corrected chi connectivity index (χ4v) is 7.08. The maximum Gasteiger partial charge on any atom is 0.246 e. The topological polar surface area (TPSA) is 65.8 Å². The highest BCUT2D eigenvalue weighted by molar-refractivity contribution is 6.33. The third-order valence-corrected chi connectivity index (χ3v) is 9.48. The van der Waals surface area contributed by atoms with E-state index in [1.165, 1.54) is 19.3 Å². The molecular weight excluding hydrogens is 522 g/mol. The molecule has 0 radical (unpaired) electrons. The Hall–Kier alpha value is -3.09. The molecule has 1 unspecified atom stereocenters. The summed E-state index contributed by atoms with van der Waals surface area (Å²) in [5.41, 5.74) is 1.12. The summed E-state index contributed by atoms with van der Waals surface area (Å²) in [5.74, 6) is 2.23. The number of piperazine rings is 1. The predicted molar refractivity (Wildman–Crippen MR) is 157 cm³/mol. The van der Waals surface area contributed by atoms with Crippen molar-refractivity contribution in [1.82, 2.24) is 15.1 Å². The van der Waals surface area contributed by atoms with Crippen molar-refractivity contribution in [2.45, 2.75) is 76.0 Å². The van der Waals surface area contributed by atoms with E-state index in [0.717, 1.165) is 41.9 Å². The summed E-state index contributed by atoms with van der Waals surface area (Å²) in [4.78, 5) is 32.1. The van der Waals surface area contributed by atoms with Crippen LogP contribution in [0.25, 0.3) is 11.3 Å². The smallest absolute Gasteiger partial charge is 0.246 e. The molecule has 2 aliphatic heterocycles. The van der Waals surface area contributed by atoms with Crippen molar-refractivity contribution in [2.24, 2.45) is 5.92 Å². The van der Waals surface area contributed by atoms with Crippen LogP contribution in [0.4, 0.5) is 0 Å². The Labute approximate surface area is 241 Å². The molecule has 1 atom stereocenters. The van der Waals surface area contributed by atoms with Gasteiger partial charge in [-0.05, 0) is 55.0 Å². The van der Waals surface area contributed by atoms with Gasteiger partial charge in [-0.25, -0.2) is 0 Å². The lowest BCUT2D eigenvalue weighted by molar-refractivity contribution is -0.163. The molecule has 1 spiro atoms. The largest absolute Gasteiger partial charge is 0.460 e. The van der Waals surface area contributed by atoms with Gasteiger partial charge in [-0.3, -0.25) is 14.5 Å². The second kappa shape index (κ2) is 11.8. The fourth-order valence-electron chi connectivity index (χ4n) is 6.85. The van der Waals surface area contributed by atoms with E-state index in [2.05, 4.69) is 10.2 Å². The predicted octanol–water partition coefficient (Wildman–Crippen LogP) is 6.43. The van der Waals surface area contributed by atoms with Gasteiger partial charge in [0.1, 0.15) is 23.1 Å². The summed E-state index contributed by atoms with van der Waals surface area (Å²) in [5, 5.41) is 3.86. The quantitative estimate of drug-likeness (QED) is 0.362. The third kappa shape index (κ3) is 5.57. The minimum atomic E-state index is -0.821. The zero-order valence-electron chi connectivity index (χ0n) is 23.0. The van der Waals surface area contributed by atoms with Crippen LogP contribution >= 0.6 is 11.6 Å². The van der Waals surface area contributed by atoms with Crippen LogP contribution in [-0.4, -0.2) is 46.3 Å². The molecule has 2 amide bonds. The van der Waals surface area contributed by atoms with Crippen LogP contribution in [0.2, 0.25) is 5.02 Å². The molecule has 1 aliphatic carbocycles. The number of piperidine rings is 1. The number of likely N-dealkylation sites (tertiary alicyclic amines) is 1. The van der Waals surface area contributed by atoms with Gasteiger partial charge in [-0.1, -0.05) is 86.2 Å². The van der Waals surface area contributed by atoms with E-state index < -0.39 is 11.6 Å². The molecule has 3 aliphatic rings. The first-order chi connectivity index (χ1) is 19.5. The van der Waals surface area contributed by atoms with Crippen LogP contribution in [0, 0.1) is 5.92 Å². The van der Waals surface area contributed by atoms with E-state index in [1.807, 2.05) is 71.6 Å². The third-order valence-electron chi connectivity index (χ3n) is 9.15. The van der Waals surface area contributed by atoms with Gasteiger partial charge in [0.2, 0.25) is 11.8 Å². The molecule has 0 bridgehead atoms. The molecule has 6 rings (SSSR count). The van der Waals surface area contributed by atoms with Crippen molar-refractivity contribution in [1.29, 1.82) is 0 Å². The second-order valence-corrected chi connectivity index (χ2v) is 12.1. The van der Waals surface area contributed by atoms with E-state index in [-0.39, 0.29) is 11.8 Å². The van der Waals surface area contributed by atoms with Crippen LogP contribution in [0.3, 0.4) is 0 Å². The normalized spacial score (nSPS) is 22.0. The highest BCUT2D eigenvalue weighted by Gasteiger charge is 2.53. The van der Waals surface area contributed by atoms with Gasteiger partial charge in [0, 0.05) is 25.2 Å². The summed E-state index contributed by atoms with van der Waals surface area (Å²) in [6, 6.07) is 21.3. The fraction of sp³-hybridized carbons (Fsp3) is 0.455. The number of rotatable bonds is 7. The van der Waals surface area contributed by atoms with E-state index in [0.29, 0.717) is 50.0 Å². The monoisotopic (exact) mass is 559 g/mol. The van der Waals surface area contributed by atoms with Gasteiger partial charge in [0.15, 0.2) is 0 Å². The van der Waals surface area contributed by atoms with Gasteiger partial charge in [0.25, 0.3) is 0 Å². The first kappa shape index (κ1) is 27.1. The van der Waals surface area contributed by atoms with Crippen molar-refractivity contribution in [3.8, 4) is 11.3 Å². The summed E-state index contributed by atoms with van der Waals surface area (Å²) in [6.45, 7) is 2.54. The van der Waals surface area contributed by atoms with Gasteiger partial charge >= 0.3 is 0 Å². The van der Waals surface area contributed by atoms with Crippen molar-refractivity contribution < 1.29 is 14.0 Å². The second-order valence-electron chi connectivity index (χ2n) is 11.7. The average molecular weight is 560 g/mol. The molecule has 40 heavy (non-hydrogen) atoms. The van der Waals surface area contributed by atoms with Gasteiger partial charge in [-0.15, -0.1) is 0 Å². The number of nitrogens with zero attached hydrogens (tertiary/aromatic N) is 2. The van der Waals surface area contributed by atoms with Crippen LogP contribution in [0.5, 0.6) is 0 Å². The standard InChI is InChI=1S/C33H38ClN3O3/c34-28-14-8-7-13-27(28)30-16-15-26(40-30)23-36-19-17-33(18-20-36)32(39)35-29(21-24-9-3-1-4-10-24)31(38)37(33)22-25-11-5-2-6-12-25/h2,5-8,11-16,24,29H,1,3-4,9-10,17-23H2,(H,35,39). The van der Waals surface area contributed by atoms with Gasteiger partial charge in [-0.2, -0.15) is 0 Å². The summed E-state index contributed by atoms with van der Waals surface area (Å²) in [7, 11) is 0. The first-order valence-corrected chi connectivity index (χ1v) is 15.1. The van der Waals surface area contributed by atoms with Crippen LogP contribution in [0.15, 0.2) is 71.1 Å². The van der Waals surface area contributed by atoms with Crippen LogP contribution < -0.4 is 5.32 Å². The van der Waals surface area contributed by atoms with Gasteiger partial charge in [0.05, 0.1) is 11.6 Å². The number of carbonyl (C=O) groups is 2. The maximum absolute atomic E-state index is 14.0. The van der Waals surface area contributed by atoms with Crippen molar-refractivity contribution in [3.05, 3.63) is 83.1 Å². The Kier molecular flexibility index (Phi) is 7.99. The lowest BCUT2D eigenvalue weighted by Crippen LogP contribution is -2.72. The average Bonchev–Trinajstić information content (AvgIpc) is 3.44. The Balaban J connectivity index is 1.17. The Morgan fingerprint density at radius 2 is 1.60 bits per heavy atom. The molecule has 2 aromatic carbocycles. The van der Waals surface area contributed by atoms with E-state index >= 15 is 0 Å². The number of hydrogen-bond donors (Lipinski definition) is 1. The lowest BCUT2D eigenvalue weighted by Gasteiger charge is -2.52. The number of nitrogens with one attached hydrogen (secondary N) is 1. The molecule has 7 heteroatoms. The lowest BCUT2D eigenvalue weighted by atomic mass is 9.79. The highest BCUT2D eigenvalue weighted by atomic mass is 35.5. The Morgan fingerprint density at radius 1 is 0.875 bits per heavy atom. The number of benzene rings is 2. The molecule has 1 N–H and O–H groups in total. The number of halogens is 1. The molecule has 3 heterocycles. The first-order valence-electron chi connectivity index (χ1n) is 14.7. The van der Waals surface area contributed by atoms with Crippen LogP contribution in [0.1, 0.15) is 62.7 Å². The highest BCUT2D eigenvalue weighted by Crippen LogP contribution is 2.37. The zero-order chi connectivity index (χ0) is 27.5. The molecule has 6 nitrogen and oxygen atoms in total. The Morgan fingerprint density at radius 3 is 2.35 bits per heavy atom. The summed E-state index contributed by atoms with van der Waals surface area (Å²) >= 11 is 6.36. The molecule has 3 aromatic rings.